The minimum absolute atomic E-state index is 0.0869. The number of benzene rings is 1. The molecule has 0 radical (unpaired) electrons. The molecule has 1 N–H and O–H groups in total. The van der Waals surface area contributed by atoms with E-state index in [2.05, 4.69) is 0 Å². The highest BCUT2D eigenvalue weighted by Gasteiger charge is 2.41. The molecular weight excluding hydrogens is 344 g/mol. The fraction of sp³-hybridized carbons (Fsp3) is 0.429. The molecular formula is C14H17ClN2O5S. The van der Waals surface area contributed by atoms with Gasteiger partial charge in [0.15, 0.2) is 0 Å². The summed E-state index contributed by atoms with van der Waals surface area (Å²) in [5, 5.41) is 8.35. The first-order valence-electron chi connectivity index (χ1n) is 6.93. The smallest absolute Gasteiger partial charge is 0.304 e. The highest BCUT2D eigenvalue weighted by molar-refractivity contribution is 7.89. The van der Waals surface area contributed by atoms with Crippen LogP contribution in [0.25, 0.3) is 0 Å². The third-order valence-corrected chi connectivity index (χ3v) is 6.13. The normalized spacial score (nSPS) is 15.5. The Kier molecular flexibility index (Phi) is 5.28. The number of halogens is 1. The summed E-state index contributed by atoms with van der Waals surface area (Å²) in [4.78, 5) is 24.2. The summed E-state index contributed by atoms with van der Waals surface area (Å²) in [6.45, 7) is 0.0899. The third-order valence-electron chi connectivity index (χ3n) is 3.70. The van der Waals surface area contributed by atoms with Gasteiger partial charge in [0.25, 0.3) is 5.91 Å². The molecule has 7 nitrogen and oxygen atoms in total. The van der Waals surface area contributed by atoms with E-state index in [0.717, 1.165) is 4.31 Å². The van der Waals surface area contributed by atoms with E-state index in [9.17, 15) is 18.0 Å². The monoisotopic (exact) mass is 360 g/mol. The third kappa shape index (κ3) is 4.01. The van der Waals surface area contributed by atoms with E-state index in [1.54, 1.807) is 18.2 Å². The first-order valence-corrected chi connectivity index (χ1v) is 8.81. The molecule has 0 atom stereocenters. The molecule has 1 amide bonds. The van der Waals surface area contributed by atoms with Crippen molar-refractivity contribution in [2.24, 2.45) is 0 Å². The molecule has 1 heterocycles. The van der Waals surface area contributed by atoms with Gasteiger partial charge in [0.1, 0.15) is 5.25 Å². The number of carboxylic acids is 1. The van der Waals surface area contributed by atoms with Crippen molar-refractivity contribution in [2.45, 2.75) is 11.7 Å². The highest BCUT2D eigenvalue weighted by atomic mass is 35.5. The van der Waals surface area contributed by atoms with Gasteiger partial charge in [-0.25, -0.2) is 12.7 Å². The maximum absolute atomic E-state index is 12.3. The van der Waals surface area contributed by atoms with Crippen LogP contribution in [0.1, 0.15) is 16.8 Å². The molecule has 1 aliphatic rings. The first-order chi connectivity index (χ1) is 10.7. The second-order valence-electron chi connectivity index (χ2n) is 5.35. The maximum atomic E-state index is 12.3. The lowest BCUT2D eigenvalue weighted by atomic mass is 10.1. The van der Waals surface area contributed by atoms with Crippen LogP contribution in [0, 0.1) is 0 Å². The molecule has 1 aliphatic heterocycles. The van der Waals surface area contributed by atoms with Crippen LogP contribution in [0.4, 0.5) is 0 Å². The molecule has 2 rings (SSSR count). The minimum atomic E-state index is -3.60. The zero-order chi connectivity index (χ0) is 17.2. The van der Waals surface area contributed by atoms with Crippen LogP contribution < -0.4 is 0 Å². The van der Waals surface area contributed by atoms with Crippen molar-refractivity contribution < 1.29 is 23.1 Å². The standard InChI is InChI=1S/C14H17ClN2O5S/c1-16(6-5-13(18)19)23(21,22)12-8-17(9-12)14(20)10-3-2-4-11(15)7-10/h2-4,7,12H,5-6,8-9H2,1H3,(H,18,19). The van der Waals surface area contributed by atoms with Crippen LogP contribution >= 0.6 is 11.6 Å². The largest absolute Gasteiger partial charge is 0.481 e. The molecule has 23 heavy (non-hydrogen) atoms. The summed E-state index contributed by atoms with van der Waals surface area (Å²) in [6, 6.07) is 6.46. The molecule has 0 spiro atoms. The average molecular weight is 361 g/mol. The lowest BCUT2D eigenvalue weighted by Gasteiger charge is -2.40. The van der Waals surface area contributed by atoms with Crippen molar-refractivity contribution in [3.05, 3.63) is 34.9 Å². The van der Waals surface area contributed by atoms with Gasteiger partial charge in [0.2, 0.25) is 10.0 Å². The van der Waals surface area contributed by atoms with Gasteiger partial charge in [-0.15, -0.1) is 0 Å². The number of carboxylic acid groups (broad SMARTS) is 1. The van der Waals surface area contributed by atoms with Gasteiger partial charge in [-0.3, -0.25) is 9.59 Å². The molecule has 1 aromatic carbocycles. The summed E-state index contributed by atoms with van der Waals surface area (Å²) in [6.07, 6.45) is -0.256. The summed E-state index contributed by atoms with van der Waals surface area (Å²) in [5.74, 6) is -1.33. The number of sulfonamides is 1. The SMILES string of the molecule is CN(CCC(=O)O)S(=O)(=O)C1CN(C(=O)c2cccc(Cl)c2)C1. The molecule has 1 fully saturated rings. The second-order valence-corrected chi connectivity index (χ2v) is 8.11. The van der Waals surface area contributed by atoms with E-state index in [4.69, 9.17) is 16.7 Å². The number of nitrogens with zero attached hydrogens (tertiary/aromatic N) is 2. The Bertz CT molecular complexity index is 716. The van der Waals surface area contributed by atoms with Crippen LogP contribution in [-0.2, 0) is 14.8 Å². The van der Waals surface area contributed by atoms with Crippen LogP contribution in [0.2, 0.25) is 5.02 Å². The van der Waals surface area contributed by atoms with Crippen molar-refractivity contribution in [1.29, 1.82) is 0 Å². The number of likely N-dealkylation sites (tertiary alicyclic amines) is 1. The van der Waals surface area contributed by atoms with E-state index in [-0.39, 0.29) is 32.0 Å². The zero-order valence-electron chi connectivity index (χ0n) is 12.5. The number of hydrogen-bond acceptors (Lipinski definition) is 4. The predicted octanol–water partition coefficient (Wildman–Crippen LogP) is 0.901. The van der Waals surface area contributed by atoms with Gasteiger partial charge in [-0.1, -0.05) is 17.7 Å². The fourth-order valence-electron chi connectivity index (χ4n) is 2.23. The Balaban J connectivity index is 1.95. The lowest BCUT2D eigenvalue weighted by Crippen LogP contribution is -2.59. The molecule has 126 valence electrons. The predicted molar refractivity (Wildman–Crippen MR) is 84.9 cm³/mol. The van der Waals surface area contributed by atoms with Crippen molar-refractivity contribution in [3.8, 4) is 0 Å². The van der Waals surface area contributed by atoms with Gasteiger partial charge in [-0.05, 0) is 18.2 Å². The Labute approximate surface area is 139 Å². The number of carbonyl (C=O) groups excluding carboxylic acids is 1. The Morgan fingerprint density at radius 3 is 2.61 bits per heavy atom. The summed E-state index contributed by atoms with van der Waals surface area (Å²) in [7, 11) is -2.26. The molecule has 1 saturated heterocycles. The quantitative estimate of drug-likeness (QED) is 0.813. The summed E-state index contributed by atoms with van der Waals surface area (Å²) >= 11 is 5.84. The molecule has 0 bridgehead atoms. The molecule has 0 aliphatic carbocycles. The molecule has 0 unspecified atom stereocenters. The number of rotatable bonds is 6. The van der Waals surface area contributed by atoms with Crippen LogP contribution in [0.3, 0.4) is 0 Å². The average Bonchev–Trinajstić information content (AvgIpc) is 2.42. The first kappa shape index (κ1) is 17.7. The summed E-state index contributed by atoms with van der Waals surface area (Å²) < 4.78 is 25.6. The molecule has 1 aromatic rings. The van der Waals surface area contributed by atoms with Crippen LogP contribution in [-0.4, -0.2) is 66.5 Å². The van der Waals surface area contributed by atoms with E-state index in [0.29, 0.717) is 10.6 Å². The fourth-order valence-corrected chi connectivity index (χ4v) is 4.01. The van der Waals surface area contributed by atoms with Crippen LogP contribution in [0.15, 0.2) is 24.3 Å². The Morgan fingerprint density at radius 1 is 1.39 bits per heavy atom. The second kappa shape index (κ2) is 6.86. The molecule has 9 heteroatoms. The molecule has 0 aromatic heterocycles. The number of aliphatic carboxylic acids is 1. The van der Waals surface area contributed by atoms with Gasteiger partial charge < -0.3 is 10.0 Å². The van der Waals surface area contributed by atoms with Crippen molar-refractivity contribution in [1.82, 2.24) is 9.21 Å². The lowest BCUT2D eigenvalue weighted by molar-refractivity contribution is -0.137. The van der Waals surface area contributed by atoms with E-state index in [1.807, 2.05) is 0 Å². The van der Waals surface area contributed by atoms with Gasteiger partial charge >= 0.3 is 5.97 Å². The molecule has 0 saturated carbocycles. The number of carbonyl (C=O) groups is 2. The van der Waals surface area contributed by atoms with Crippen molar-refractivity contribution in [2.75, 3.05) is 26.7 Å². The van der Waals surface area contributed by atoms with Crippen molar-refractivity contribution in [3.63, 3.8) is 0 Å². The summed E-state index contributed by atoms with van der Waals surface area (Å²) in [5.41, 5.74) is 0.410. The Hall–Kier alpha value is -1.64. The number of amides is 1. The van der Waals surface area contributed by atoms with E-state index >= 15 is 0 Å². The minimum Gasteiger partial charge on any atom is -0.481 e. The van der Waals surface area contributed by atoms with E-state index < -0.39 is 21.2 Å². The van der Waals surface area contributed by atoms with Gasteiger partial charge in [-0.2, -0.15) is 0 Å². The van der Waals surface area contributed by atoms with Gasteiger partial charge in [0.05, 0.1) is 6.42 Å². The zero-order valence-corrected chi connectivity index (χ0v) is 14.0. The topological polar surface area (TPSA) is 95.0 Å². The van der Waals surface area contributed by atoms with Crippen molar-refractivity contribution >= 4 is 33.5 Å². The van der Waals surface area contributed by atoms with Crippen LogP contribution in [0.5, 0.6) is 0 Å². The van der Waals surface area contributed by atoms with Gasteiger partial charge in [0, 0.05) is 37.3 Å². The highest BCUT2D eigenvalue weighted by Crippen LogP contribution is 2.22. The Morgan fingerprint density at radius 2 is 2.04 bits per heavy atom. The van der Waals surface area contributed by atoms with E-state index in [1.165, 1.54) is 18.0 Å². The maximum Gasteiger partial charge on any atom is 0.304 e. The number of hydrogen-bond donors (Lipinski definition) is 1.